The predicted molar refractivity (Wildman–Crippen MR) is 118 cm³/mol. The van der Waals surface area contributed by atoms with E-state index >= 15 is 0 Å². The van der Waals surface area contributed by atoms with Crippen molar-refractivity contribution in [1.29, 1.82) is 0 Å². The molecule has 1 unspecified atom stereocenters. The van der Waals surface area contributed by atoms with Crippen molar-refractivity contribution >= 4 is 34.7 Å². The van der Waals surface area contributed by atoms with Crippen molar-refractivity contribution in [3.05, 3.63) is 80.5 Å². The van der Waals surface area contributed by atoms with Gasteiger partial charge in [0, 0.05) is 18.6 Å². The number of carbonyl (C=O) groups excluding carboxylic acids is 1. The molecule has 0 heterocycles. The molecular weight excluding hydrogens is 405 g/mol. The van der Waals surface area contributed by atoms with Gasteiger partial charge in [-0.15, -0.1) is 0 Å². The van der Waals surface area contributed by atoms with Gasteiger partial charge in [-0.05, 0) is 54.0 Å². The maximum absolute atomic E-state index is 13.0. The third-order valence-corrected chi connectivity index (χ3v) is 6.58. The molecule has 0 bridgehead atoms. The lowest BCUT2D eigenvalue weighted by molar-refractivity contribution is -0.116. The summed E-state index contributed by atoms with van der Waals surface area (Å²) in [6.45, 7) is 1.99. The van der Waals surface area contributed by atoms with E-state index in [0.717, 1.165) is 24.1 Å². The van der Waals surface area contributed by atoms with Gasteiger partial charge < -0.3 is 5.11 Å². The van der Waals surface area contributed by atoms with E-state index < -0.39 is 0 Å². The second kappa shape index (κ2) is 8.33. The fourth-order valence-electron chi connectivity index (χ4n) is 4.40. The molecule has 0 fully saturated rings. The molecule has 5 heteroatoms. The van der Waals surface area contributed by atoms with Crippen LogP contribution in [0, 0.1) is 0 Å². The molecule has 4 rings (SSSR count). The number of hydrogen-bond donors (Lipinski definition) is 1. The quantitative estimate of drug-likeness (QED) is 0.584. The Bertz CT molecular complexity index is 1000. The highest BCUT2D eigenvalue weighted by atomic mass is 35.5. The number of carbonyl (C=O) groups is 1. The van der Waals surface area contributed by atoms with Crippen molar-refractivity contribution in [2.45, 2.75) is 51.0 Å². The highest BCUT2D eigenvalue weighted by molar-refractivity contribution is 6.42. The summed E-state index contributed by atoms with van der Waals surface area (Å²) in [7, 11) is 0. The first-order valence-corrected chi connectivity index (χ1v) is 10.8. The number of halogens is 2. The molecule has 0 aromatic heterocycles. The molecular formula is C24H23Cl2NO2. The van der Waals surface area contributed by atoms with Gasteiger partial charge in [-0.3, -0.25) is 9.79 Å². The van der Waals surface area contributed by atoms with Crippen LogP contribution in [0.15, 0.2) is 58.8 Å². The van der Waals surface area contributed by atoms with Crippen molar-refractivity contribution in [2.75, 3.05) is 0 Å². The van der Waals surface area contributed by atoms with Crippen molar-refractivity contribution in [3.8, 4) is 0 Å². The van der Waals surface area contributed by atoms with Gasteiger partial charge in [-0.2, -0.15) is 0 Å². The molecule has 2 aliphatic carbocycles. The lowest BCUT2D eigenvalue weighted by Gasteiger charge is -2.25. The number of benzene rings is 2. The summed E-state index contributed by atoms with van der Waals surface area (Å²) >= 11 is 12.1. The van der Waals surface area contributed by atoms with Crippen LogP contribution >= 0.6 is 23.2 Å². The number of aliphatic imine (C=N–C) groups is 1. The number of aliphatic hydroxyl groups excluding tert-OH is 1. The van der Waals surface area contributed by atoms with Crippen LogP contribution in [0.2, 0.25) is 10.0 Å². The van der Waals surface area contributed by atoms with Crippen LogP contribution in [0.5, 0.6) is 0 Å². The molecule has 2 aromatic carbocycles. The average Bonchev–Trinajstić information content (AvgIpc) is 3.11. The number of hydrogen-bond acceptors (Lipinski definition) is 3. The van der Waals surface area contributed by atoms with Crippen LogP contribution < -0.4 is 0 Å². The largest absolute Gasteiger partial charge is 0.511 e. The third kappa shape index (κ3) is 4.12. The van der Waals surface area contributed by atoms with Gasteiger partial charge in [0.1, 0.15) is 5.76 Å². The minimum atomic E-state index is -0.102. The number of rotatable bonds is 4. The van der Waals surface area contributed by atoms with Crippen LogP contribution in [0.25, 0.3) is 0 Å². The van der Waals surface area contributed by atoms with E-state index in [1.54, 1.807) is 12.1 Å². The number of fused-ring (bicyclic) bond motifs is 1. The molecule has 3 nitrogen and oxygen atoms in total. The summed E-state index contributed by atoms with van der Waals surface area (Å²) in [5, 5.41) is 11.7. The highest BCUT2D eigenvalue weighted by Gasteiger charge is 2.32. The van der Waals surface area contributed by atoms with Gasteiger partial charge in [0.2, 0.25) is 0 Å². The Labute approximate surface area is 181 Å². The lowest BCUT2D eigenvalue weighted by atomic mass is 9.81. The molecule has 29 heavy (non-hydrogen) atoms. The van der Waals surface area contributed by atoms with Crippen molar-refractivity contribution in [1.82, 2.24) is 0 Å². The Kier molecular flexibility index (Phi) is 5.80. The summed E-state index contributed by atoms with van der Waals surface area (Å²) in [5.41, 5.74) is 4.70. The standard InChI is InChI=1S/C24H23Cl2NO2/c1-2-21(27-18-9-14-5-3-4-6-15(14)10-18)24-22(28)12-17(13-23(24)29)16-7-8-19(25)20(26)11-16/h3-8,11,17-18,28H,2,9-10,12-13H2,1H3. The van der Waals surface area contributed by atoms with Crippen molar-refractivity contribution in [2.24, 2.45) is 4.99 Å². The van der Waals surface area contributed by atoms with Gasteiger partial charge in [-0.25, -0.2) is 0 Å². The summed E-state index contributed by atoms with van der Waals surface area (Å²) in [4.78, 5) is 17.9. The van der Waals surface area contributed by atoms with E-state index in [4.69, 9.17) is 28.2 Å². The Morgan fingerprint density at radius 3 is 2.31 bits per heavy atom. The predicted octanol–water partition coefficient (Wildman–Crippen LogP) is 6.27. The van der Waals surface area contributed by atoms with Gasteiger partial charge in [0.05, 0.1) is 21.7 Å². The highest BCUT2D eigenvalue weighted by Crippen LogP contribution is 2.37. The molecule has 0 aliphatic heterocycles. The minimum Gasteiger partial charge on any atom is -0.511 e. The second-order valence-corrected chi connectivity index (χ2v) is 8.60. The first-order valence-electron chi connectivity index (χ1n) is 10.00. The Morgan fingerprint density at radius 1 is 1.03 bits per heavy atom. The maximum atomic E-state index is 13.0. The molecule has 1 N–H and O–H groups in total. The normalized spacial score (nSPS) is 20.3. The first-order chi connectivity index (χ1) is 14.0. The van der Waals surface area contributed by atoms with E-state index in [9.17, 15) is 9.90 Å². The fraction of sp³-hybridized carbons (Fsp3) is 0.333. The Hall–Kier alpha value is -2.10. The number of aliphatic hydroxyl groups is 1. The minimum absolute atomic E-state index is 0.0547. The Balaban J connectivity index is 1.58. The van der Waals surface area contributed by atoms with Crippen LogP contribution in [0.4, 0.5) is 0 Å². The van der Waals surface area contributed by atoms with Crippen LogP contribution in [0.3, 0.4) is 0 Å². The van der Waals surface area contributed by atoms with Gasteiger partial charge in [0.15, 0.2) is 5.78 Å². The molecule has 0 spiro atoms. The van der Waals surface area contributed by atoms with Crippen LogP contribution in [0.1, 0.15) is 48.8 Å². The lowest BCUT2D eigenvalue weighted by Crippen LogP contribution is -2.24. The van der Waals surface area contributed by atoms with E-state index in [2.05, 4.69) is 12.1 Å². The topological polar surface area (TPSA) is 49.7 Å². The smallest absolute Gasteiger partial charge is 0.168 e. The average molecular weight is 428 g/mol. The molecule has 2 aromatic rings. The number of ketones is 1. The number of Topliss-reactive ketones (excluding diaryl/α,β-unsaturated/α-hetero) is 1. The monoisotopic (exact) mass is 427 g/mol. The molecule has 0 amide bonds. The molecule has 150 valence electrons. The molecule has 0 saturated carbocycles. The summed E-state index contributed by atoms with van der Waals surface area (Å²) < 4.78 is 0. The number of allylic oxidation sites excluding steroid dienone is 2. The van der Waals surface area contributed by atoms with E-state index in [0.29, 0.717) is 34.9 Å². The van der Waals surface area contributed by atoms with E-state index in [1.807, 2.05) is 25.1 Å². The summed E-state index contributed by atoms with van der Waals surface area (Å²) in [5.74, 6) is -0.0239. The van der Waals surface area contributed by atoms with Crippen molar-refractivity contribution < 1.29 is 9.90 Å². The van der Waals surface area contributed by atoms with Crippen LogP contribution in [-0.4, -0.2) is 22.6 Å². The van der Waals surface area contributed by atoms with Crippen molar-refractivity contribution in [3.63, 3.8) is 0 Å². The fourth-order valence-corrected chi connectivity index (χ4v) is 4.71. The molecule has 2 aliphatic rings. The molecule has 1 atom stereocenters. The zero-order valence-electron chi connectivity index (χ0n) is 16.3. The number of nitrogens with zero attached hydrogens (tertiary/aromatic N) is 1. The van der Waals surface area contributed by atoms with Gasteiger partial charge in [0.25, 0.3) is 0 Å². The van der Waals surface area contributed by atoms with Gasteiger partial charge in [-0.1, -0.05) is 60.5 Å². The summed E-state index contributed by atoms with van der Waals surface area (Å²) in [6.07, 6.45) is 3.13. The zero-order chi connectivity index (χ0) is 20.5. The SMILES string of the molecule is CCC(=NC1Cc2ccccc2C1)C1=C(O)CC(c2ccc(Cl)c(Cl)c2)CC1=O. The zero-order valence-corrected chi connectivity index (χ0v) is 17.8. The van der Waals surface area contributed by atoms with E-state index in [-0.39, 0.29) is 23.5 Å². The Morgan fingerprint density at radius 2 is 1.72 bits per heavy atom. The van der Waals surface area contributed by atoms with E-state index in [1.165, 1.54) is 11.1 Å². The molecule has 0 radical (unpaired) electrons. The molecule has 0 saturated heterocycles. The van der Waals surface area contributed by atoms with Gasteiger partial charge >= 0.3 is 0 Å². The summed E-state index contributed by atoms with van der Waals surface area (Å²) in [6, 6.07) is 13.9. The third-order valence-electron chi connectivity index (χ3n) is 5.85. The van der Waals surface area contributed by atoms with Crippen LogP contribution in [-0.2, 0) is 17.6 Å². The maximum Gasteiger partial charge on any atom is 0.168 e. The second-order valence-electron chi connectivity index (χ2n) is 7.78. The first kappa shape index (κ1) is 20.2.